The molecule has 0 bridgehead atoms. The molecule has 1 aromatic carbocycles. The predicted octanol–water partition coefficient (Wildman–Crippen LogP) is 4.64. The van der Waals surface area contributed by atoms with Crippen molar-refractivity contribution >= 4 is 28.6 Å². The summed E-state index contributed by atoms with van der Waals surface area (Å²) < 4.78 is 5.78. The highest BCUT2D eigenvalue weighted by molar-refractivity contribution is 7.20. The van der Waals surface area contributed by atoms with Gasteiger partial charge in [-0.05, 0) is 48.6 Å². The van der Waals surface area contributed by atoms with Crippen molar-refractivity contribution in [3.05, 3.63) is 57.9 Å². The van der Waals surface area contributed by atoms with Gasteiger partial charge in [-0.1, -0.05) is 12.1 Å². The standard InChI is InChI=1S/C19H20N2O2S2/c1-13-9-14(2)11-15(10-13)23-7-6-21(3)19(22)16-12-25-18(20-16)17-5-4-8-24-17/h4-5,8-12H,6-7H2,1-3H3. The quantitative estimate of drug-likeness (QED) is 0.633. The second-order valence-electron chi connectivity index (χ2n) is 5.91. The summed E-state index contributed by atoms with van der Waals surface area (Å²) in [5, 5.41) is 4.71. The number of carbonyl (C=O) groups excluding carboxylic acids is 1. The van der Waals surface area contributed by atoms with Gasteiger partial charge < -0.3 is 9.64 Å². The molecule has 0 aliphatic carbocycles. The first-order valence-corrected chi connectivity index (χ1v) is 9.75. The largest absolute Gasteiger partial charge is 0.492 e. The van der Waals surface area contributed by atoms with Gasteiger partial charge in [0.1, 0.15) is 23.1 Å². The lowest BCUT2D eigenvalue weighted by molar-refractivity contribution is 0.0769. The van der Waals surface area contributed by atoms with E-state index in [-0.39, 0.29) is 5.91 Å². The van der Waals surface area contributed by atoms with Crippen LogP contribution in [0.4, 0.5) is 0 Å². The Morgan fingerprint density at radius 2 is 1.96 bits per heavy atom. The lowest BCUT2D eigenvalue weighted by atomic mass is 10.1. The Morgan fingerprint density at radius 3 is 2.64 bits per heavy atom. The molecule has 0 N–H and O–H groups in total. The van der Waals surface area contributed by atoms with Gasteiger partial charge in [-0.25, -0.2) is 4.98 Å². The van der Waals surface area contributed by atoms with Crippen LogP contribution < -0.4 is 4.74 Å². The highest BCUT2D eigenvalue weighted by Gasteiger charge is 2.16. The average Bonchev–Trinajstić information content (AvgIpc) is 3.24. The van der Waals surface area contributed by atoms with Crippen LogP contribution in [0.25, 0.3) is 9.88 Å². The monoisotopic (exact) mass is 372 g/mol. The van der Waals surface area contributed by atoms with Crippen molar-refractivity contribution < 1.29 is 9.53 Å². The molecule has 0 atom stereocenters. The predicted molar refractivity (Wildman–Crippen MR) is 104 cm³/mol. The highest BCUT2D eigenvalue weighted by atomic mass is 32.1. The van der Waals surface area contributed by atoms with Gasteiger partial charge in [0, 0.05) is 12.4 Å². The smallest absolute Gasteiger partial charge is 0.273 e. The lowest BCUT2D eigenvalue weighted by Gasteiger charge is -2.16. The van der Waals surface area contributed by atoms with Gasteiger partial charge in [-0.15, -0.1) is 22.7 Å². The number of benzene rings is 1. The maximum Gasteiger partial charge on any atom is 0.273 e. The number of aryl methyl sites for hydroxylation is 2. The first-order valence-electron chi connectivity index (χ1n) is 7.99. The van der Waals surface area contributed by atoms with Crippen molar-refractivity contribution in [1.29, 1.82) is 0 Å². The summed E-state index contributed by atoms with van der Waals surface area (Å²) in [4.78, 5) is 19.7. The molecule has 4 nitrogen and oxygen atoms in total. The SMILES string of the molecule is Cc1cc(C)cc(OCCN(C)C(=O)c2csc(-c3cccs3)n2)c1. The number of ether oxygens (including phenoxy) is 1. The van der Waals surface area contributed by atoms with E-state index in [9.17, 15) is 4.79 Å². The summed E-state index contributed by atoms with van der Waals surface area (Å²) in [7, 11) is 1.78. The fourth-order valence-electron chi connectivity index (χ4n) is 2.50. The van der Waals surface area contributed by atoms with Crippen LogP contribution in [0.1, 0.15) is 21.6 Å². The molecule has 0 fully saturated rings. The van der Waals surface area contributed by atoms with Crippen molar-refractivity contribution in [2.45, 2.75) is 13.8 Å². The van der Waals surface area contributed by atoms with E-state index in [2.05, 4.69) is 11.1 Å². The molecule has 0 radical (unpaired) electrons. The normalized spacial score (nSPS) is 10.7. The molecule has 25 heavy (non-hydrogen) atoms. The van der Waals surface area contributed by atoms with Crippen molar-refractivity contribution in [2.24, 2.45) is 0 Å². The van der Waals surface area contributed by atoms with Gasteiger partial charge in [-0.2, -0.15) is 0 Å². The zero-order valence-electron chi connectivity index (χ0n) is 14.5. The molecule has 2 heterocycles. The van der Waals surface area contributed by atoms with Crippen molar-refractivity contribution in [3.63, 3.8) is 0 Å². The number of nitrogens with zero attached hydrogens (tertiary/aromatic N) is 2. The Morgan fingerprint density at radius 1 is 1.20 bits per heavy atom. The Bertz CT molecular complexity index is 836. The zero-order chi connectivity index (χ0) is 17.8. The molecule has 0 spiro atoms. The molecule has 6 heteroatoms. The third-order valence-electron chi connectivity index (χ3n) is 3.69. The summed E-state index contributed by atoms with van der Waals surface area (Å²) in [5.74, 6) is 0.759. The van der Waals surface area contributed by atoms with Crippen molar-refractivity contribution in [1.82, 2.24) is 9.88 Å². The van der Waals surface area contributed by atoms with Crippen LogP contribution in [-0.2, 0) is 0 Å². The minimum absolute atomic E-state index is 0.0805. The molecule has 2 aromatic heterocycles. The fraction of sp³-hybridized carbons (Fsp3) is 0.263. The van der Waals surface area contributed by atoms with Crippen LogP contribution in [0.15, 0.2) is 41.1 Å². The van der Waals surface area contributed by atoms with Crippen LogP contribution in [0.3, 0.4) is 0 Å². The van der Waals surface area contributed by atoms with Gasteiger partial charge in [0.25, 0.3) is 5.91 Å². The third-order valence-corrected chi connectivity index (χ3v) is 5.57. The number of thiophene rings is 1. The van der Waals surface area contributed by atoms with E-state index in [1.807, 2.05) is 48.9 Å². The number of carbonyl (C=O) groups is 1. The summed E-state index contributed by atoms with van der Waals surface area (Å²) in [6.07, 6.45) is 0. The van der Waals surface area contributed by atoms with E-state index in [1.165, 1.54) is 22.5 Å². The molecule has 3 rings (SSSR count). The van der Waals surface area contributed by atoms with E-state index >= 15 is 0 Å². The van der Waals surface area contributed by atoms with E-state index in [1.54, 1.807) is 23.3 Å². The topological polar surface area (TPSA) is 42.4 Å². The summed E-state index contributed by atoms with van der Waals surface area (Å²) in [5.41, 5.74) is 2.83. The number of thiazole rings is 1. The maximum absolute atomic E-state index is 12.5. The molecule has 0 saturated heterocycles. The first kappa shape index (κ1) is 17.6. The van der Waals surface area contributed by atoms with E-state index in [0.29, 0.717) is 18.8 Å². The van der Waals surface area contributed by atoms with E-state index in [0.717, 1.165) is 15.6 Å². The first-order chi connectivity index (χ1) is 12.0. The molecule has 0 aliphatic rings. The second kappa shape index (κ2) is 7.80. The second-order valence-corrected chi connectivity index (χ2v) is 7.72. The number of likely N-dealkylation sites (N-methyl/N-ethyl adjacent to an activating group) is 1. The van der Waals surface area contributed by atoms with Crippen LogP contribution in [0, 0.1) is 13.8 Å². The van der Waals surface area contributed by atoms with Crippen LogP contribution in [0.5, 0.6) is 5.75 Å². The number of hydrogen-bond acceptors (Lipinski definition) is 5. The molecule has 0 saturated carbocycles. The van der Waals surface area contributed by atoms with Gasteiger partial charge in [-0.3, -0.25) is 4.79 Å². The Balaban J connectivity index is 1.56. The van der Waals surface area contributed by atoms with Crippen LogP contribution in [0.2, 0.25) is 0 Å². The molecular weight excluding hydrogens is 352 g/mol. The summed E-state index contributed by atoms with van der Waals surface area (Å²) in [6.45, 7) is 5.05. The Labute approximate surface area is 155 Å². The van der Waals surface area contributed by atoms with Crippen molar-refractivity contribution in [2.75, 3.05) is 20.2 Å². The van der Waals surface area contributed by atoms with Crippen LogP contribution in [-0.4, -0.2) is 36.0 Å². The van der Waals surface area contributed by atoms with Gasteiger partial charge >= 0.3 is 0 Å². The number of aromatic nitrogens is 1. The van der Waals surface area contributed by atoms with E-state index < -0.39 is 0 Å². The number of amides is 1. The van der Waals surface area contributed by atoms with Gasteiger partial charge in [0.15, 0.2) is 0 Å². The molecular formula is C19H20N2O2S2. The average molecular weight is 373 g/mol. The van der Waals surface area contributed by atoms with Crippen LogP contribution >= 0.6 is 22.7 Å². The molecule has 3 aromatic rings. The van der Waals surface area contributed by atoms with Gasteiger partial charge in [0.2, 0.25) is 0 Å². The lowest BCUT2D eigenvalue weighted by Crippen LogP contribution is -2.31. The summed E-state index contributed by atoms with van der Waals surface area (Å²) in [6, 6.07) is 10.1. The third kappa shape index (κ3) is 4.46. The fourth-order valence-corrected chi connectivity index (χ4v) is 4.11. The molecule has 0 unspecified atom stereocenters. The highest BCUT2D eigenvalue weighted by Crippen LogP contribution is 2.28. The van der Waals surface area contributed by atoms with Crippen molar-refractivity contribution in [3.8, 4) is 15.6 Å². The Hall–Kier alpha value is -2.18. The minimum atomic E-state index is -0.0805. The summed E-state index contributed by atoms with van der Waals surface area (Å²) >= 11 is 3.12. The van der Waals surface area contributed by atoms with E-state index in [4.69, 9.17) is 4.74 Å². The number of hydrogen-bond donors (Lipinski definition) is 0. The van der Waals surface area contributed by atoms with Gasteiger partial charge in [0.05, 0.1) is 11.4 Å². The maximum atomic E-state index is 12.5. The molecule has 130 valence electrons. The molecule has 0 aliphatic heterocycles. The number of rotatable bonds is 6. The molecule has 1 amide bonds. The zero-order valence-corrected chi connectivity index (χ0v) is 16.1. The minimum Gasteiger partial charge on any atom is -0.492 e. The Kier molecular flexibility index (Phi) is 5.50.